The van der Waals surface area contributed by atoms with E-state index >= 15 is 0 Å². The summed E-state index contributed by atoms with van der Waals surface area (Å²) in [6.07, 6.45) is 1.92. The average molecular weight is 415 g/mol. The Bertz CT molecular complexity index is 1120. The molecule has 1 saturated heterocycles. The number of amidine groups is 1. The van der Waals surface area contributed by atoms with Crippen LogP contribution in [0.5, 0.6) is 5.75 Å². The summed E-state index contributed by atoms with van der Waals surface area (Å²) in [5.41, 5.74) is 5.24. The van der Waals surface area contributed by atoms with Gasteiger partial charge in [0.1, 0.15) is 5.75 Å². The highest BCUT2D eigenvalue weighted by Gasteiger charge is 2.30. The quantitative estimate of drug-likeness (QED) is 0.499. The number of hydrogen-bond acceptors (Lipinski definition) is 4. The maximum atomic E-state index is 12.7. The minimum absolute atomic E-state index is 0.0370. The highest BCUT2D eigenvalue weighted by molar-refractivity contribution is 8.18. The van der Waals surface area contributed by atoms with Gasteiger partial charge in [-0.25, -0.2) is 4.99 Å². The van der Waals surface area contributed by atoms with Gasteiger partial charge in [-0.2, -0.15) is 0 Å². The molecule has 1 fully saturated rings. The number of carbonyl (C=O) groups excluding carboxylic acids is 1. The molecule has 4 nitrogen and oxygen atoms in total. The van der Waals surface area contributed by atoms with E-state index in [1.165, 1.54) is 17.3 Å². The Morgan fingerprint density at radius 1 is 0.900 bits per heavy atom. The number of benzene rings is 3. The van der Waals surface area contributed by atoms with E-state index in [-0.39, 0.29) is 5.91 Å². The van der Waals surface area contributed by atoms with Crippen molar-refractivity contribution in [1.29, 1.82) is 0 Å². The largest absolute Gasteiger partial charge is 0.497 e. The van der Waals surface area contributed by atoms with Crippen LogP contribution in [0.1, 0.15) is 11.1 Å². The third kappa shape index (κ3) is 4.31. The van der Waals surface area contributed by atoms with E-state index in [2.05, 4.69) is 17.1 Å². The highest BCUT2D eigenvalue weighted by atomic mass is 32.2. The van der Waals surface area contributed by atoms with Crippen molar-refractivity contribution in [2.75, 3.05) is 14.2 Å². The van der Waals surface area contributed by atoms with E-state index in [4.69, 9.17) is 4.74 Å². The Morgan fingerprint density at radius 3 is 2.10 bits per heavy atom. The van der Waals surface area contributed by atoms with Crippen LogP contribution >= 0.6 is 11.8 Å². The zero-order valence-electron chi connectivity index (χ0n) is 17.1. The Kier molecular flexibility index (Phi) is 5.72. The van der Waals surface area contributed by atoms with Crippen LogP contribution in [0.2, 0.25) is 0 Å². The SMILES string of the molecule is COc1ccc(-c2ccc(/C=C3\SC(=Nc4ccc(C)cc4)N(C)C3=O)cc2)cc1. The summed E-state index contributed by atoms with van der Waals surface area (Å²) in [4.78, 5) is 19.5. The molecular weight excluding hydrogens is 392 g/mol. The molecule has 150 valence electrons. The molecular formula is C25H22N2O2S. The summed E-state index contributed by atoms with van der Waals surface area (Å²) in [7, 11) is 3.42. The lowest BCUT2D eigenvalue weighted by Gasteiger charge is -2.07. The summed E-state index contributed by atoms with van der Waals surface area (Å²) in [5.74, 6) is 0.800. The predicted molar refractivity (Wildman–Crippen MR) is 125 cm³/mol. The molecule has 1 heterocycles. The smallest absolute Gasteiger partial charge is 0.266 e. The standard InChI is InChI=1S/C25H22N2O2S/c1-17-4-12-21(13-5-17)26-25-27(2)24(28)23(30-25)16-18-6-8-19(9-7-18)20-10-14-22(29-3)15-11-20/h4-16H,1-3H3/b23-16-,26-25?. The maximum absolute atomic E-state index is 12.7. The van der Waals surface area contributed by atoms with Crippen LogP contribution < -0.4 is 4.74 Å². The zero-order chi connectivity index (χ0) is 21.1. The Hall–Kier alpha value is -3.31. The minimum atomic E-state index is -0.0370. The van der Waals surface area contributed by atoms with Crippen molar-refractivity contribution in [3.05, 3.63) is 88.8 Å². The molecule has 3 aromatic rings. The Balaban J connectivity index is 1.53. The second-order valence-corrected chi connectivity index (χ2v) is 8.06. The van der Waals surface area contributed by atoms with Crippen molar-refractivity contribution in [2.45, 2.75) is 6.92 Å². The topological polar surface area (TPSA) is 41.9 Å². The molecule has 5 heteroatoms. The van der Waals surface area contributed by atoms with E-state index < -0.39 is 0 Å². The molecule has 1 aliphatic rings. The van der Waals surface area contributed by atoms with Gasteiger partial charge in [-0.05, 0) is 65.7 Å². The number of ether oxygens (including phenoxy) is 1. The van der Waals surface area contributed by atoms with Gasteiger partial charge in [0.25, 0.3) is 5.91 Å². The van der Waals surface area contributed by atoms with Gasteiger partial charge in [-0.1, -0.05) is 54.1 Å². The molecule has 0 N–H and O–H groups in total. The van der Waals surface area contributed by atoms with Crippen LogP contribution in [-0.4, -0.2) is 30.1 Å². The number of hydrogen-bond donors (Lipinski definition) is 0. The van der Waals surface area contributed by atoms with E-state index in [1.54, 1.807) is 19.1 Å². The van der Waals surface area contributed by atoms with Crippen LogP contribution in [0.4, 0.5) is 5.69 Å². The van der Waals surface area contributed by atoms with Gasteiger partial charge >= 0.3 is 0 Å². The second-order valence-electron chi connectivity index (χ2n) is 7.06. The minimum Gasteiger partial charge on any atom is -0.497 e. The number of nitrogens with zero attached hydrogens (tertiary/aromatic N) is 2. The van der Waals surface area contributed by atoms with Crippen molar-refractivity contribution < 1.29 is 9.53 Å². The van der Waals surface area contributed by atoms with Crippen molar-refractivity contribution >= 4 is 34.6 Å². The summed E-state index contributed by atoms with van der Waals surface area (Å²) < 4.78 is 5.21. The van der Waals surface area contributed by atoms with Gasteiger partial charge in [0.15, 0.2) is 5.17 Å². The number of rotatable bonds is 4. The van der Waals surface area contributed by atoms with Crippen LogP contribution in [0.3, 0.4) is 0 Å². The van der Waals surface area contributed by atoms with E-state index in [1.807, 2.05) is 73.7 Å². The summed E-state index contributed by atoms with van der Waals surface area (Å²) in [6.45, 7) is 2.04. The highest BCUT2D eigenvalue weighted by Crippen LogP contribution is 2.33. The van der Waals surface area contributed by atoms with Gasteiger partial charge in [0, 0.05) is 7.05 Å². The number of likely N-dealkylation sites (N-methyl/N-ethyl adjacent to an activating group) is 1. The van der Waals surface area contributed by atoms with Crippen molar-refractivity contribution in [3.8, 4) is 16.9 Å². The summed E-state index contributed by atoms with van der Waals surface area (Å²) in [5, 5.41) is 0.685. The molecule has 3 aromatic carbocycles. The van der Waals surface area contributed by atoms with Gasteiger partial charge in [0.05, 0.1) is 17.7 Å². The lowest BCUT2D eigenvalue weighted by atomic mass is 10.0. The van der Waals surface area contributed by atoms with Crippen molar-refractivity contribution in [1.82, 2.24) is 4.90 Å². The number of aliphatic imine (C=N–C) groups is 1. The van der Waals surface area contributed by atoms with Gasteiger partial charge in [-0.3, -0.25) is 9.69 Å². The third-order valence-corrected chi connectivity index (χ3v) is 5.95. The second kappa shape index (κ2) is 8.59. The number of methoxy groups -OCH3 is 1. The number of carbonyl (C=O) groups is 1. The fourth-order valence-electron chi connectivity index (χ4n) is 3.09. The molecule has 0 atom stereocenters. The van der Waals surface area contributed by atoms with Crippen LogP contribution in [0.15, 0.2) is 82.7 Å². The first-order valence-corrected chi connectivity index (χ1v) is 10.4. The predicted octanol–water partition coefficient (Wildman–Crippen LogP) is 5.90. The normalized spacial score (nSPS) is 16.5. The Morgan fingerprint density at radius 2 is 1.50 bits per heavy atom. The van der Waals surface area contributed by atoms with Gasteiger partial charge in [0.2, 0.25) is 0 Å². The van der Waals surface area contributed by atoms with Gasteiger partial charge < -0.3 is 4.74 Å². The number of amides is 1. The van der Waals surface area contributed by atoms with E-state index in [9.17, 15) is 4.79 Å². The molecule has 0 spiro atoms. The van der Waals surface area contributed by atoms with Crippen molar-refractivity contribution in [2.24, 2.45) is 4.99 Å². The first-order chi connectivity index (χ1) is 14.5. The van der Waals surface area contributed by atoms with Crippen LogP contribution in [-0.2, 0) is 4.79 Å². The van der Waals surface area contributed by atoms with Crippen LogP contribution in [0, 0.1) is 6.92 Å². The van der Waals surface area contributed by atoms with E-state index in [0.29, 0.717) is 10.1 Å². The molecule has 0 saturated carbocycles. The third-order valence-electron chi connectivity index (χ3n) is 4.89. The molecule has 0 radical (unpaired) electrons. The zero-order valence-corrected chi connectivity index (χ0v) is 17.9. The Labute approximate surface area is 180 Å². The fourth-order valence-corrected chi connectivity index (χ4v) is 4.07. The van der Waals surface area contributed by atoms with Gasteiger partial charge in [-0.15, -0.1) is 0 Å². The first kappa shape index (κ1) is 20.0. The average Bonchev–Trinajstić information content (AvgIpc) is 3.03. The molecule has 4 rings (SSSR count). The van der Waals surface area contributed by atoms with Crippen molar-refractivity contribution in [3.63, 3.8) is 0 Å². The molecule has 0 unspecified atom stereocenters. The molecule has 1 aliphatic heterocycles. The lowest BCUT2D eigenvalue weighted by Crippen LogP contribution is -2.23. The monoisotopic (exact) mass is 414 g/mol. The molecule has 0 aromatic heterocycles. The molecule has 0 bridgehead atoms. The fraction of sp³-hybridized carbons (Fsp3) is 0.120. The van der Waals surface area contributed by atoms with Crippen LogP contribution in [0.25, 0.3) is 17.2 Å². The van der Waals surface area contributed by atoms with E-state index in [0.717, 1.165) is 28.1 Å². The molecule has 0 aliphatic carbocycles. The first-order valence-electron chi connectivity index (χ1n) is 9.61. The summed E-state index contributed by atoms with van der Waals surface area (Å²) in [6, 6.07) is 24.1. The number of aryl methyl sites for hydroxylation is 1. The molecule has 1 amide bonds. The lowest BCUT2D eigenvalue weighted by molar-refractivity contribution is -0.121. The molecule has 30 heavy (non-hydrogen) atoms. The number of thioether (sulfide) groups is 1. The summed E-state index contributed by atoms with van der Waals surface area (Å²) >= 11 is 1.40. The maximum Gasteiger partial charge on any atom is 0.266 e.